The molecule has 2 amide bonds. The van der Waals surface area contributed by atoms with Gasteiger partial charge >= 0.3 is 11.8 Å². The van der Waals surface area contributed by atoms with Gasteiger partial charge in [-0.3, -0.25) is 24.0 Å². The van der Waals surface area contributed by atoms with Gasteiger partial charge in [-0.2, -0.15) is 4.98 Å². The molecular formula is C24H31N9O6. The van der Waals surface area contributed by atoms with Crippen LogP contribution in [0.4, 0.5) is 10.7 Å². The molecule has 4 rings (SSSR count). The average molecular weight is 542 g/mol. The summed E-state index contributed by atoms with van der Waals surface area (Å²) in [5.74, 6) is 0.173. The van der Waals surface area contributed by atoms with Gasteiger partial charge in [-0.25, -0.2) is 15.0 Å². The number of guanidine groups is 1. The van der Waals surface area contributed by atoms with Gasteiger partial charge in [0.15, 0.2) is 16.8 Å². The number of carbonyl (C=O) groups is 2. The van der Waals surface area contributed by atoms with Crippen molar-refractivity contribution in [3.05, 3.63) is 43.1 Å². The molecule has 0 radical (unpaired) electrons. The highest BCUT2D eigenvalue weighted by Gasteiger charge is 2.41. The van der Waals surface area contributed by atoms with Crippen molar-refractivity contribution in [3.8, 4) is 11.5 Å². The molecule has 1 atom stereocenters. The third-order valence-corrected chi connectivity index (χ3v) is 7.14. The number of hydrogen-bond acceptors (Lipinski definition) is 8. The van der Waals surface area contributed by atoms with Crippen LogP contribution < -0.4 is 42.9 Å². The van der Waals surface area contributed by atoms with Crippen LogP contribution in [0.1, 0.15) is 35.6 Å². The van der Waals surface area contributed by atoms with E-state index in [0.29, 0.717) is 41.0 Å². The number of carbonyl (C=O) groups excluding carboxylic acids is 2. The van der Waals surface area contributed by atoms with Crippen molar-refractivity contribution >= 4 is 35.1 Å². The van der Waals surface area contributed by atoms with Gasteiger partial charge in [0.05, 0.1) is 0 Å². The largest absolute Gasteiger partial charge is 0.477 e. The Balaban J connectivity index is 1.65. The molecule has 39 heavy (non-hydrogen) atoms. The van der Waals surface area contributed by atoms with E-state index >= 15 is 0 Å². The Hall–Kier alpha value is -4.82. The predicted octanol–water partition coefficient (Wildman–Crippen LogP) is -0.105. The van der Waals surface area contributed by atoms with E-state index in [1.807, 2.05) is 0 Å². The summed E-state index contributed by atoms with van der Waals surface area (Å²) < 4.78 is 15.4. The summed E-state index contributed by atoms with van der Waals surface area (Å²) in [4.78, 5) is 55.0. The van der Waals surface area contributed by atoms with Crippen molar-refractivity contribution in [2.45, 2.75) is 46.1 Å². The zero-order chi connectivity index (χ0) is 29.0. The van der Waals surface area contributed by atoms with E-state index < -0.39 is 28.9 Å². The minimum Gasteiger partial charge on any atom is -0.477 e. The Kier molecular flexibility index (Phi) is 6.62. The molecule has 0 fully saturated rings. The van der Waals surface area contributed by atoms with E-state index in [1.165, 1.54) is 23.2 Å². The van der Waals surface area contributed by atoms with Crippen molar-refractivity contribution in [3.63, 3.8) is 0 Å². The lowest BCUT2D eigenvalue weighted by Crippen LogP contribution is -2.48. The molecular weight excluding hydrogens is 510 g/mol. The maximum Gasteiger partial charge on any atom is 0.433 e. The number of aromatic nitrogens is 4. The van der Waals surface area contributed by atoms with E-state index in [0.717, 1.165) is 10.1 Å². The van der Waals surface area contributed by atoms with Crippen LogP contribution in [0.5, 0.6) is 11.5 Å². The third-order valence-electron chi connectivity index (χ3n) is 7.14. The molecule has 1 aliphatic rings. The van der Waals surface area contributed by atoms with Crippen LogP contribution in [0.15, 0.2) is 14.7 Å². The first-order valence-electron chi connectivity index (χ1n) is 12.0. The molecule has 2 aromatic heterocycles. The molecule has 208 valence electrons. The molecule has 3 aromatic rings. The third kappa shape index (κ3) is 4.45. The highest BCUT2D eigenvalue weighted by Crippen LogP contribution is 2.44. The molecule has 3 heterocycles. The quantitative estimate of drug-likeness (QED) is 0.197. The Morgan fingerprint density at radius 2 is 1.72 bits per heavy atom. The lowest BCUT2D eigenvalue weighted by atomic mass is 9.86. The molecule has 6 N–H and O–H groups in total. The second-order valence-electron chi connectivity index (χ2n) is 9.71. The smallest absolute Gasteiger partial charge is 0.433 e. The van der Waals surface area contributed by atoms with Gasteiger partial charge in [-0.1, -0.05) is 0 Å². The summed E-state index contributed by atoms with van der Waals surface area (Å²) in [7, 11) is 4.46. The van der Waals surface area contributed by atoms with Gasteiger partial charge in [0.1, 0.15) is 11.5 Å². The molecule has 0 aliphatic carbocycles. The number of imidazole rings is 1. The molecule has 0 saturated heterocycles. The fraction of sp³-hybridized carbons (Fsp3) is 0.417. The first-order valence-corrected chi connectivity index (χ1v) is 12.0. The summed E-state index contributed by atoms with van der Waals surface area (Å²) in [6.45, 7) is 7.04. The number of nitrogens with one attached hydrogen (secondary N) is 2. The number of anilines is 1. The van der Waals surface area contributed by atoms with E-state index in [4.69, 9.17) is 20.9 Å². The standard InChI is InChI=1S/C24H31N9O6/c1-10-11(2)16-13(12(3)15(10)38-22(36)30-29-20(25)26)8-9-24(4,39-16)19(35)28-21-27-17-14(31(21)5)18(34)33(7)23(37)32(17)6/h8-9H2,1-7H3,(H,30,36)(H4,25,26,29)(H,27,28,35). The van der Waals surface area contributed by atoms with Crippen LogP contribution in [0.25, 0.3) is 11.2 Å². The SMILES string of the molecule is Cc1c(C)c2c(c(C)c1OC(=O)NN=C(N)N)CCC(C)(C(=O)Nc1nc3c(c(=O)n(C)c(=O)n3C)n1C)O2. The fourth-order valence-electron chi connectivity index (χ4n) is 4.64. The fourth-order valence-corrected chi connectivity index (χ4v) is 4.64. The molecule has 0 spiro atoms. The molecule has 0 saturated carbocycles. The number of hydrogen-bond donors (Lipinski definition) is 4. The highest BCUT2D eigenvalue weighted by molar-refractivity contribution is 5.97. The van der Waals surface area contributed by atoms with Gasteiger partial charge in [0.25, 0.3) is 11.5 Å². The summed E-state index contributed by atoms with van der Waals surface area (Å²) in [5, 5.41) is 6.19. The van der Waals surface area contributed by atoms with E-state index in [-0.39, 0.29) is 23.1 Å². The maximum absolute atomic E-state index is 13.5. The average Bonchev–Trinajstić information content (AvgIpc) is 3.21. The number of nitrogens with zero attached hydrogens (tertiary/aromatic N) is 5. The predicted molar refractivity (Wildman–Crippen MR) is 143 cm³/mol. The monoisotopic (exact) mass is 541 g/mol. The number of ether oxygens (including phenoxy) is 2. The summed E-state index contributed by atoms with van der Waals surface area (Å²) in [5.41, 5.74) is 13.4. The van der Waals surface area contributed by atoms with Gasteiger partial charge in [0, 0.05) is 33.1 Å². The lowest BCUT2D eigenvalue weighted by Gasteiger charge is -2.36. The molecule has 15 nitrogen and oxygen atoms in total. The van der Waals surface area contributed by atoms with Crippen LogP contribution in [0, 0.1) is 20.8 Å². The summed E-state index contributed by atoms with van der Waals surface area (Å²) in [6.07, 6.45) is -0.0982. The van der Waals surface area contributed by atoms with Crippen molar-refractivity contribution in [2.24, 2.45) is 37.7 Å². The van der Waals surface area contributed by atoms with Crippen LogP contribution in [-0.2, 0) is 32.4 Å². The second-order valence-corrected chi connectivity index (χ2v) is 9.71. The van der Waals surface area contributed by atoms with Crippen molar-refractivity contribution in [2.75, 3.05) is 5.32 Å². The first kappa shape index (κ1) is 27.2. The lowest BCUT2D eigenvalue weighted by molar-refractivity contribution is -0.131. The Morgan fingerprint density at radius 3 is 2.36 bits per heavy atom. The number of aryl methyl sites for hydroxylation is 2. The number of hydrazone groups is 1. The van der Waals surface area contributed by atoms with Crippen LogP contribution in [-0.4, -0.2) is 42.2 Å². The summed E-state index contributed by atoms with van der Waals surface area (Å²) in [6, 6.07) is 0. The minimum absolute atomic E-state index is 0.101. The number of fused-ring (bicyclic) bond motifs is 2. The number of benzene rings is 1. The van der Waals surface area contributed by atoms with E-state index in [9.17, 15) is 19.2 Å². The zero-order valence-electron chi connectivity index (χ0n) is 22.8. The maximum atomic E-state index is 13.5. The second kappa shape index (κ2) is 9.49. The number of nitrogens with two attached hydrogens (primary N) is 2. The van der Waals surface area contributed by atoms with E-state index in [2.05, 4.69) is 20.8 Å². The molecule has 15 heteroatoms. The van der Waals surface area contributed by atoms with Crippen molar-refractivity contribution < 1.29 is 19.1 Å². The Labute approximate surface area is 222 Å². The van der Waals surface area contributed by atoms with Gasteiger partial charge in [-0.05, 0) is 50.8 Å². The van der Waals surface area contributed by atoms with Gasteiger partial charge in [0.2, 0.25) is 11.9 Å². The van der Waals surface area contributed by atoms with Gasteiger partial charge < -0.3 is 25.5 Å². The topological polar surface area (TPSA) is 203 Å². The molecule has 1 aliphatic heterocycles. The Morgan fingerprint density at radius 1 is 1.05 bits per heavy atom. The molecule has 1 unspecified atom stereocenters. The van der Waals surface area contributed by atoms with Crippen LogP contribution in [0.2, 0.25) is 0 Å². The van der Waals surface area contributed by atoms with Crippen molar-refractivity contribution in [1.29, 1.82) is 0 Å². The molecule has 1 aromatic carbocycles. The Bertz CT molecular complexity index is 1690. The zero-order valence-corrected chi connectivity index (χ0v) is 22.8. The van der Waals surface area contributed by atoms with Crippen molar-refractivity contribution in [1.82, 2.24) is 24.1 Å². The summed E-state index contributed by atoms with van der Waals surface area (Å²) >= 11 is 0. The van der Waals surface area contributed by atoms with E-state index in [1.54, 1.807) is 34.7 Å². The minimum atomic E-state index is -1.28. The number of rotatable bonds is 4. The van der Waals surface area contributed by atoms with Gasteiger partial charge in [-0.15, -0.1) is 5.10 Å². The van der Waals surface area contributed by atoms with Crippen LogP contribution >= 0.6 is 0 Å². The first-order chi connectivity index (χ1) is 18.2. The normalized spacial score (nSPS) is 16.3. The van der Waals surface area contributed by atoms with Crippen LogP contribution in [0.3, 0.4) is 0 Å². The number of amides is 2. The highest BCUT2D eigenvalue weighted by atomic mass is 16.6. The molecule has 0 bridgehead atoms.